The molecule has 0 unspecified atom stereocenters. The second kappa shape index (κ2) is 6.38. The molecule has 0 nitrogen and oxygen atoms in total. The third kappa shape index (κ3) is 3.75. The molecule has 0 aliphatic rings. The van der Waals surface area contributed by atoms with Crippen LogP contribution in [0.15, 0.2) is 42.6 Å². The molecular formula is C13H18Si. The first kappa shape index (κ1) is 11.0. The first-order chi connectivity index (χ1) is 6.86. The lowest BCUT2D eigenvalue weighted by molar-refractivity contribution is 1.23. The molecule has 74 valence electrons. The van der Waals surface area contributed by atoms with Crippen LogP contribution in [0.5, 0.6) is 0 Å². The Kier molecular flexibility index (Phi) is 5.01. The highest BCUT2D eigenvalue weighted by Crippen LogP contribution is 2.05. The first-order valence-corrected chi connectivity index (χ1v) is 7.05. The summed E-state index contributed by atoms with van der Waals surface area (Å²) in [6, 6.07) is 9.97. The lowest BCUT2D eigenvalue weighted by Crippen LogP contribution is -1.92. The Labute approximate surface area is 89.2 Å². The van der Waals surface area contributed by atoms with E-state index in [-0.39, 0.29) is 9.52 Å². The van der Waals surface area contributed by atoms with Gasteiger partial charge in [0, 0.05) is 9.52 Å². The van der Waals surface area contributed by atoms with E-state index in [2.05, 4.69) is 49.5 Å². The van der Waals surface area contributed by atoms with Gasteiger partial charge in [-0.05, 0) is 18.0 Å². The molecule has 0 aromatic heterocycles. The zero-order valence-corrected chi connectivity index (χ0v) is 10.3. The van der Waals surface area contributed by atoms with Crippen molar-refractivity contribution in [1.29, 1.82) is 0 Å². The van der Waals surface area contributed by atoms with E-state index in [4.69, 9.17) is 0 Å². The van der Waals surface area contributed by atoms with Crippen LogP contribution in [-0.4, -0.2) is 9.52 Å². The second-order valence-electron chi connectivity index (χ2n) is 3.36. The van der Waals surface area contributed by atoms with Gasteiger partial charge in [0.1, 0.15) is 0 Å². The van der Waals surface area contributed by atoms with Crippen LogP contribution >= 0.6 is 0 Å². The molecule has 0 aliphatic heterocycles. The molecule has 0 fully saturated rings. The fraction of sp³-hybridized carbons (Fsp3) is 0.231. The monoisotopic (exact) mass is 202 g/mol. The SMILES string of the molecule is C=Cc1ccc(C[SiH2]C=CCC)cc1. The summed E-state index contributed by atoms with van der Waals surface area (Å²) in [5, 5.41) is 0. The van der Waals surface area contributed by atoms with Crippen molar-refractivity contribution in [1.82, 2.24) is 0 Å². The Morgan fingerprint density at radius 3 is 2.57 bits per heavy atom. The van der Waals surface area contributed by atoms with Crippen molar-refractivity contribution < 1.29 is 0 Å². The maximum Gasteiger partial charge on any atom is 0.0493 e. The molecule has 0 spiro atoms. The van der Waals surface area contributed by atoms with Gasteiger partial charge in [0.2, 0.25) is 0 Å². The standard InChI is InChI=1S/C13H18Si/c1-3-5-10-14-11-13-8-6-12(4-2)7-9-13/h4-10H,2-3,11,14H2,1H3. The van der Waals surface area contributed by atoms with E-state index in [9.17, 15) is 0 Å². The normalized spacial score (nSPS) is 11.5. The summed E-state index contributed by atoms with van der Waals surface area (Å²) in [6.45, 7) is 5.93. The van der Waals surface area contributed by atoms with Gasteiger partial charge in [0.05, 0.1) is 0 Å². The van der Waals surface area contributed by atoms with Crippen molar-refractivity contribution in [3.05, 3.63) is 53.7 Å². The van der Waals surface area contributed by atoms with Crippen LogP contribution in [0.1, 0.15) is 24.5 Å². The zero-order chi connectivity index (χ0) is 10.2. The van der Waals surface area contributed by atoms with E-state index in [1.54, 1.807) is 0 Å². The number of hydrogen-bond acceptors (Lipinski definition) is 0. The molecule has 0 radical (unpaired) electrons. The van der Waals surface area contributed by atoms with E-state index >= 15 is 0 Å². The summed E-state index contributed by atoms with van der Waals surface area (Å²) in [6.07, 6.45) is 5.34. The van der Waals surface area contributed by atoms with E-state index in [0.29, 0.717) is 0 Å². The summed E-state index contributed by atoms with van der Waals surface area (Å²) in [5.41, 5.74) is 5.06. The molecule has 14 heavy (non-hydrogen) atoms. The van der Waals surface area contributed by atoms with E-state index in [1.165, 1.54) is 23.6 Å². The number of hydrogen-bond donors (Lipinski definition) is 0. The molecule has 1 heteroatoms. The summed E-state index contributed by atoms with van der Waals surface area (Å²) in [5.74, 6) is 0. The van der Waals surface area contributed by atoms with Gasteiger partial charge in [0.25, 0.3) is 0 Å². The average Bonchev–Trinajstić information content (AvgIpc) is 2.25. The third-order valence-electron chi connectivity index (χ3n) is 2.22. The van der Waals surface area contributed by atoms with Gasteiger partial charge in [0.15, 0.2) is 0 Å². The molecule has 1 aromatic rings. The van der Waals surface area contributed by atoms with Gasteiger partial charge in [-0.15, -0.1) is 5.70 Å². The topological polar surface area (TPSA) is 0 Å². The quantitative estimate of drug-likeness (QED) is 0.644. The lowest BCUT2D eigenvalue weighted by Gasteiger charge is -1.98. The minimum atomic E-state index is -0.0229. The van der Waals surface area contributed by atoms with Crippen LogP contribution in [0.2, 0.25) is 0 Å². The Balaban J connectivity index is 2.43. The second-order valence-corrected chi connectivity index (χ2v) is 4.91. The van der Waals surface area contributed by atoms with Crippen molar-refractivity contribution in [2.45, 2.75) is 19.4 Å². The largest absolute Gasteiger partial charge is 0.105 e. The molecule has 0 aliphatic carbocycles. The molecule has 0 atom stereocenters. The van der Waals surface area contributed by atoms with Crippen LogP contribution in [0.3, 0.4) is 0 Å². The fourth-order valence-electron chi connectivity index (χ4n) is 1.35. The van der Waals surface area contributed by atoms with E-state index < -0.39 is 0 Å². The number of allylic oxidation sites excluding steroid dienone is 1. The molecule has 0 bridgehead atoms. The van der Waals surface area contributed by atoms with E-state index in [0.717, 1.165) is 0 Å². The Morgan fingerprint density at radius 1 is 1.29 bits per heavy atom. The van der Waals surface area contributed by atoms with E-state index in [1.807, 2.05) is 6.08 Å². The average molecular weight is 202 g/mol. The maximum absolute atomic E-state index is 3.74. The minimum absolute atomic E-state index is 0.0229. The highest BCUT2D eigenvalue weighted by Gasteiger charge is 1.91. The van der Waals surface area contributed by atoms with Gasteiger partial charge >= 0.3 is 0 Å². The van der Waals surface area contributed by atoms with Gasteiger partial charge in [-0.2, -0.15) is 0 Å². The van der Waals surface area contributed by atoms with Crippen molar-refractivity contribution in [3.8, 4) is 0 Å². The molecule has 0 amide bonds. The van der Waals surface area contributed by atoms with Crippen LogP contribution in [0, 0.1) is 0 Å². The predicted molar refractivity (Wildman–Crippen MR) is 68.2 cm³/mol. The van der Waals surface area contributed by atoms with Crippen molar-refractivity contribution in [2.75, 3.05) is 0 Å². The first-order valence-electron chi connectivity index (χ1n) is 5.23. The molecule has 0 N–H and O–H groups in total. The van der Waals surface area contributed by atoms with Gasteiger partial charge < -0.3 is 0 Å². The summed E-state index contributed by atoms with van der Waals surface area (Å²) >= 11 is 0. The van der Waals surface area contributed by atoms with Crippen molar-refractivity contribution in [3.63, 3.8) is 0 Å². The fourth-order valence-corrected chi connectivity index (χ4v) is 2.76. The molecule has 0 heterocycles. The lowest BCUT2D eigenvalue weighted by atomic mass is 10.1. The van der Waals surface area contributed by atoms with Crippen LogP contribution < -0.4 is 0 Å². The zero-order valence-electron chi connectivity index (χ0n) is 8.87. The Hall–Kier alpha value is -1.08. The minimum Gasteiger partial charge on any atom is -0.105 e. The predicted octanol–water partition coefficient (Wildman–Crippen LogP) is 2.92. The van der Waals surface area contributed by atoms with Gasteiger partial charge in [-0.25, -0.2) is 0 Å². The molecule has 1 aromatic carbocycles. The maximum atomic E-state index is 3.74. The highest BCUT2D eigenvalue weighted by atomic mass is 28.2. The number of rotatable bonds is 5. The van der Waals surface area contributed by atoms with Crippen LogP contribution in [-0.2, 0) is 6.04 Å². The summed E-state index contributed by atoms with van der Waals surface area (Å²) in [7, 11) is -0.0229. The van der Waals surface area contributed by atoms with Crippen molar-refractivity contribution in [2.24, 2.45) is 0 Å². The summed E-state index contributed by atoms with van der Waals surface area (Å²) in [4.78, 5) is 0. The molecule has 0 saturated carbocycles. The van der Waals surface area contributed by atoms with Gasteiger partial charge in [-0.1, -0.05) is 55.5 Å². The Morgan fingerprint density at radius 2 is 2.00 bits per heavy atom. The van der Waals surface area contributed by atoms with Crippen molar-refractivity contribution >= 4 is 15.6 Å². The molecular weight excluding hydrogens is 184 g/mol. The molecule has 1 rings (SSSR count). The highest BCUT2D eigenvalue weighted by molar-refractivity contribution is 6.41. The third-order valence-corrected chi connectivity index (χ3v) is 3.75. The van der Waals surface area contributed by atoms with Crippen LogP contribution in [0.4, 0.5) is 0 Å². The summed E-state index contributed by atoms with van der Waals surface area (Å²) < 4.78 is 0. The molecule has 0 saturated heterocycles. The van der Waals surface area contributed by atoms with Crippen LogP contribution in [0.25, 0.3) is 6.08 Å². The number of benzene rings is 1. The van der Waals surface area contributed by atoms with Gasteiger partial charge in [-0.3, -0.25) is 0 Å². The smallest absolute Gasteiger partial charge is 0.0493 e. The Bertz CT molecular complexity index is 296.